The standard InChI is InChI=1S/C29H28Cl2N6O4S/c1-29(14-19-6-8-20(9-7-19)21-15-32-18-33-16-21)27(39)36(24-12-22(30)11-23(31)13-24)28-34-17-26(37(28)29)42(40,41)10-4-5-25(38)35(2)3/h6-9,11-13,15-18H,4-5,10,14H2,1-3H3. The van der Waals surface area contributed by atoms with Crippen LogP contribution >= 0.6 is 23.2 Å². The van der Waals surface area contributed by atoms with E-state index in [0.717, 1.165) is 16.7 Å². The molecule has 0 saturated heterocycles. The van der Waals surface area contributed by atoms with Crippen molar-refractivity contribution < 1.29 is 18.0 Å². The van der Waals surface area contributed by atoms with E-state index >= 15 is 0 Å². The predicted molar refractivity (Wildman–Crippen MR) is 161 cm³/mol. The van der Waals surface area contributed by atoms with Crippen molar-refractivity contribution in [3.63, 3.8) is 0 Å². The molecule has 2 aromatic heterocycles. The van der Waals surface area contributed by atoms with Crippen molar-refractivity contribution in [1.29, 1.82) is 0 Å². The van der Waals surface area contributed by atoms with Crippen LogP contribution in [0, 0.1) is 0 Å². The molecule has 3 heterocycles. The van der Waals surface area contributed by atoms with E-state index in [9.17, 15) is 18.0 Å². The largest absolute Gasteiger partial charge is 0.349 e. The normalized spacial score (nSPS) is 16.5. The lowest BCUT2D eigenvalue weighted by Gasteiger charge is -2.27. The van der Waals surface area contributed by atoms with Crippen LogP contribution in [0.4, 0.5) is 11.6 Å². The van der Waals surface area contributed by atoms with E-state index in [1.807, 2.05) is 24.3 Å². The number of hydrogen-bond acceptors (Lipinski definition) is 7. The molecule has 10 nitrogen and oxygen atoms in total. The number of anilines is 2. The van der Waals surface area contributed by atoms with Crippen molar-refractivity contribution in [2.45, 2.75) is 36.8 Å². The zero-order chi connectivity index (χ0) is 30.2. The summed E-state index contributed by atoms with van der Waals surface area (Å²) >= 11 is 12.5. The summed E-state index contributed by atoms with van der Waals surface area (Å²) < 4.78 is 28.7. The first kappa shape index (κ1) is 29.7. The number of amides is 2. The highest BCUT2D eigenvalue weighted by molar-refractivity contribution is 7.91. The van der Waals surface area contributed by atoms with Gasteiger partial charge in [0.15, 0.2) is 14.9 Å². The maximum Gasteiger partial charge on any atom is 0.260 e. The average Bonchev–Trinajstić information content (AvgIpc) is 3.47. The monoisotopic (exact) mass is 626 g/mol. The lowest BCUT2D eigenvalue weighted by atomic mass is 9.91. The molecule has 1 unspecified atom stereocenters. The molecule has 5 rings (SSSR count). The van der Waals surface area contributed by atoms with E-state index in [0.29, 0.717) is 15.7 Å². The molecular formula is C29H28Cl2N6O4S. The molecule has 218 valence electrons. The molecular weight excluding hydrogens is 599 g/mol. The number of halogens is 2. The molecule has 0 N–H and O–H groups in total. The second-order valence-electron chi connectivity index (χ2n) is 10.5. The minimum Gasteiger partial charge on any atom is -0.349 e. The number of hydrogen-bond donors (Lipinski definition) is 0. The fraction of sp³-hybridized carbons (Fsp3) is 0.276. The Bertz CT molecular complexity index is 1740. The first-order valence-electron chi connectivity index (χ1n) is 13.1. The lowest BCUT2D eigenvalue weighted by Crippen LogP contribution is -2.42. The third-order valence-corrected chi connectivity index (χ3v) is 9.38. The van der Waals surface area contributed by atoms with Crippen molar-refractivity contribution in [2.75, 3.05) is 24.7 Å². The maximum absolute atomic E-state index is 14.2. The number of nitrogens with zero attached hydrogens (tertiary/aromatic N) is 6. The number of carbonyl (C=O) groups excluding carboxylic acids is 2. The fourth-order valence-corrected chi connectivity index (χ4v) is 7.08. The third kappa shape index (κ3) is 5.64. The third-order valence-electron chi connectivity index (χ3n) is 7.19. The molecule has 1 aliphatic heterocycles. The Hall–Kier alpha value is -3.80. The molecule has 0 bridgehead atoms. The average molecular weight is 628 g/mol. The van der Waals surface area contributed by atoms with Gasteiger partial charge >= 0.3 is 0 Å². The molecule has 13 heteroatoms. The van der Waals surface area contributed by atoms with Gasteiger partial charge in [-0.05, 0) is 42.7 Å². The van der Waals surface area contributed by atoms with Crippen LogP contribution in [0.1, 0.15) is 25.3 Å². The summed E-state index contributed by atoms with van der Waals surface area (Å²) in [6.07, 6.45) is 6.52. The summed E-state index contributed by atoms with van der Waals surface area (Å²) in [5.74, 6) is -0.692. The highest BCUT2D eigenvalue weighted by atomic mass is 35.5. The predicted octanol–water partition coefficient (Wildman–Crippen LogP) is 4.93. The quantitative estimate of drug-likeness (QED) is 0.258. The summed E-state index contributed by atoms with van der Waals surface area (Å²) in [7, 11) is -0.691. The van der Waals surface area contributed by atoms with Crippen LogP contribution in [0.3, 0.4) is 0 Å². The van der Waals surface area contributed by atoms with E-state index in [-0.39, 0.29) is 47.8 Å². The van der Waals surface area contributed by atoms with E-state index in [1.54, 1.807) is 51.6 Å². The molecule has 0 spiro atoms. The summed E-state index contributed by atoms with van der Waals surface area (Å²) in [6, 6.07) is 12.3. The van der Waals surface area contributed by atoms with Crippen LogP contribution in [-0.4, -0.2) is 64.5 Å². The van der Waals surface area contributed by atoms with Crippen molar-refractivity contribution in [1.82, 2.24) is 24.4 Å². The summed E-state index contributed by atoms with van der Waals surface area (Å²) in [5.41, 5.74) is 1.55. The minimum absolute atomic E-state index is 0.0787. The van der Waals surface area contributed by atoms with Gasteiger partial charge in [-0.1, -0.05) is 47.5 Å². The molecule has 0 saturated carbocycles. The first-order valence-corrected chi connectivity index (χ1v) is 15.5. The Kier molecular flexibility index (Phi) is 8.10. The zero-order valence-electron chi connectivity index (χ0n) is 23.2. The van der Waals surface area contributed by atoms with Crippen LogP contribution in [0.25, 0.3) is 11.1 Å². The SMILES string of the molecule is CN(C)C(=O)CCCS(=O)(=O)c1cnc2n1C(C)(Cc1ccc(-c3cncnc3)cc1)C(=O)N2c1cc(Cl)cc(Cl)c1. The van der Waals surface area contributed by atoms with Crippen LogP contribution in [0.5, 0.6) is 0 Å². The van der Waals surface area contributed by atoms with Gasteiger partial charge in [0.25, 0.3) is 5.91 Å². The Morgan fingerprint density at radius 2 is 1.62 bits per heavy atom. The second kappa shape index (κ2) is 11.5. The molecule has 0 fully saturated rings. The molecule has 2 amide bonds. The van der Waals surface area contributed by atoms with Gasteiger partial charge in [-0.25, -0.2) is 28.3 Å². The Balaban J connectivity index is 1.55. The molecule has 4 aromatic rings. The molecule has 0 aliphatic carbocycles. The number of fused-ring (bicyclic) bond motifs is 1. The van der Waals surface area contributed by atoms with Gasteiger partial charge in [-0.3, -0.25) is 14.2 Å². The van der Waals surface area contributed by atoms with Gasteiger partial charge in [0.1, 0.15) is 11.9 Å². The van der Waals surface area contributed by atoms with Crippen LogP contribution < -0.4 is 4.90 Å². The van der Waals surface area contributed by atoms with Crippen LogP contribution in [-0.2, 0) is 31.4 Å². The van der Waals surface area contributed by atoms with Gasteiger partial charge < -0.3 is 4.90 Å². The number of benzene rings is 2. The van der Waals surface area contributed by atoms with E-state index in [1.165, 1.54) is 26.9 Å². The molecule has 2 aromatic carbocycles. The number of imidazole rings is 1. The lowest BCUT2D eigenvalue weighted by molar-refractivity contribution is -0.128. The zero-order valence-corrected chi connectivity index (χ0v) is 25.5. The number of carbonyl (C=O) groups is 2. The number of aromatic nitrogens is 4. The molecule has 42 heavy (non-hydrogen) atoms. The van der Waals surface area contributed by atoms with Crippen molar-refractivity contribution in [3.8, 4) is 11.1 Å². The number of sulfone groups is 1. The van der Waals surface area contributed by atoms with Gasteiger partial charge in [0.05, 0.1) is 17.6 Å². The smallest absolute Gasteiger partial charge is 0.260 e. The molecule has 1 atom stereocenters. The van der Waals surface area contributed by atoms with Crippen molar-refractivity contribution in [2.24, 2.45) is 0 Å². The van der Waals surface area contributed by atoms with Crippen LogP contribution in [0.15, 0.2) is 72.4 Å². The maximum atomic E-state index is 14.2. The van der Waals surface area contributed by atoms with Crippen LogP contribution in [0.2, 0.25) is 10.0 Å². The Morgan fingerprint density at radius 3 is 2.24 bits per heavy atom. The first-order chi connectivity index (χ1) is 19.9. The highest BCUT2D eigenvalue weighted by Gasteiger charge is 2.51. The number of rotatable bonds is 9. The second-order valence-corrected chi connectivity index (χ2v) is 13.4. The summed E-state index contributed by atoms with van der Waals surface area (Å²) in [5, 5.41) is 0.533. The topological polar surface area (TPSA) is 118 Å². The van der Waals surface area contributed by atoms with E-state index in [4.69, 9.17) is 23.2 Å². The minimum atomic E-state index is -3.93. The fourth-order valence-electron chi connectivity index (χ4n) is 5.05. The Morgan fingerprint density at radius 1 is 0.976 bits per heavy atom. The van der Waals surface area contributed by atoms with E-state index in [2.05, 4.69) is 15.0 Å². The molecule has 0 radical (unpaired) electrons. The summed E-state index contributed by atoms with van der Waals surface area (Å²) in [4.78, 5) is 41.6. The van der Waals surface area contributed by atoms with Gasteiger partial charge in [-0.2, -0.15) is 0 Å². The molecule has 1 aliphatic rings. The highest BCUT2D eigenvalue weighted by Crippen LogP contribution is 2.44. The van der Waals surface area contributed by atoms with E-state index < -0.39 is 15.4 Å². The van der Waals surface area contributed by atoms with Gasteiger partial charge in [0, 0.05) is 54.9 Å². The van der Waals surface area contributed by atoms with Crippen molar-refractivity contribution in [3.05, 3.63) is 83.0 Å². The summed E-state index contributed by atoms with van der Waals surface area (Å²) in [6.45, 7) is 1.69. The van der Waals surface area contributed by atoms with Gasteiger partial charge in [-0.15, -0.1) is 0 Å². The van der Waals surface area contributed by atoms with Gasteiger partial charge in [0.2, 0.25) is 11.9 Å². The Labute approximate surface area is 253 Å². The van der Waals surface area contributed by atoms with Crippen molar-refractivity contribution >= 4 is 56.5 Å².